The van der Waals surface area contributed by atoms with Gasteiger partial charge in [0.15, 0.2) is 0 Å². The minimum Gasteiger partial charge on any atom is -0.398 e. The number of nitrogens with zero attached hydrogens (tertiary/aromatic N) is 1. The zero-order valence-electron chi connectivity index (χ0n) is 13.6. The second-order valence-corrected chi connectivity index (χ2v) is 7.39. The van der Waals surface area contributed by atoms with Gasteiger partial charge in [-0.15, -0.1) is 0 Å². The lowest BCUT2D eigenvalue weighted by Gasteiger charge is -2.29. The van der Waals surface area contributed by atoms with Crippen molar-refractivity contribution >= 4 is 33.5 Å². The molecule has 1 aromatic carbocycles. The van der Waals surface area contributed by atoms with E-state index >= 15 is 0 Å². The first-order valence-corrected chi connectivity index (χ1v) is 9.22. The van der Waals surface area contributed by atoms with Gasteiger partial charge in [0.1, 0.15) is 6.04 Å². The lowest BCUT2D eigenvalue weighted by molar-refractivity contribution is -0.136. The molecule has 0 saturated carbocycles. The maximum absolute atomic E-state index is 12.3. The molecule has 1 saturated heterocycles. The van der Waals surface area contributed by atoms with Crippen molar-refractivity contribution in [1.82, 2.24) is 10.2 Å². The summed E-state index contributed by atoms with van der Waals surface area (Å²) in [5.41, 5.74) is 7.71. The van der Waals surface area contributed by atoms with E-state index in [0.717, 1.165) is 5.56 Å². The number of piperidine rings is 1. The minimum absolute atomic E-state index is 0.197. The molecule has 0 spiro atoms. The molecule has 0 bridgehead atoms. The van der Waals surface area contributed by atoms with Crippen LogP contribution in [0.5, 0.6) is 0 Å². The molecule has 2 aliphatic rings. The van der Waals surface area contributed by atoms with Gasteiger partial charge >= 0.3 is 0 Å². The number of nitrogens with two attached hydrogens (primary N) is 1. The second-order valence-electron chi connectivity index (χ2n) is 5.64. The number of amides is 3. The fourth-order valence-electron chi connectivity index (χ4n) is 2.61. The molecule has 1 aromatic rings. The molecule has 1 atom stereocenters. The van der Waals surface area contributed by atoms with E-state index in [1.54, 1.807) is 18.2 Å². The molecule has 0 aliphatic carbocycles. The summed E-state index contributed by atoms with van der Waals surface area (Å²) >= 11 is 0. The highest BCUT2D eigenvalue weighted by Crippen LogP contribution is 2.30. The summed E-state index contributed by atoms with van der Waals surface area (Å²) in [6, 6.07) is 4.58. The van der Waals surface area contributed by atoms with Crippen molar-refractivity contribution in [3.05, 3.63) is 29.3 Å². The van der Waals surface area contributed by atoms with Crippen LogP contribution in [0.15, 0.2) is 18.2 Å². The second kappa shape index (κ2) is 7.19. The molecule has 136 valence electrons. The van der Waals surface area contributed by atoms with E-state index in [1.165, 1.54) is 11.8 Å². The molecule has 3 rings (SSSR count). The number of anilines is 1. The zero-order chi connectivity index (χ0) is 18.8. The van der Waals surface area contributed by atoms with Crippen LogP contribution < -0.4 is 11.1 Å². The van der Waals surface area contributed by atoms with E-state index in [2.05, 4.69) is 5.32 Å². The summed E-state index contributed by atoms with van der Waals surface area (Å²) in [5, 5.41) is 2.27. The molecule has 9 nitrogen and oxygen atoms in total. The Morgan fingerprint density at radius 1 is 1.32 bits per heavy atom. The molecule has 1 unspecified atom stereocenters. The number of nitrogen functional groups attached to an aromatic ring is 1. The molecule has 2 aliphatic heterocycles. The standard InChI is InChI=1S/C13H13N3O3.C2H6O3S/c14-9-3-1-2-7-8(9)6-16(13(7)19)10-4-5-11(17)15-12(10)18;1-2-6(3,4)5/h1-3,10H,4-6,14H2,(H,15,17,18);2H2,1H3,(H,3,4,5). The molecule has 25 heavy (non-hydrogen) atoms. The first-order chi connectivity index (χ1) is 11.6. The highest BCUT2D eigenvalue weighted by atomic mass is 32.2. The van der Waals surface area contributed by atoms with Crippen LogP contribution in [0.3, 0.4) is 0 Å². The van der Waals surface area contributed by atoms with Gasteiger partial charge < -0.3 is 10.6 Å². The van der Waals surface area contributed by atoms with Crippen LogP contribution in [-0.2, 0) is 26.3 Å². The predicted molar refractivity (Wildman–Crippen MR) is 89.0 cm³/mol. The largest absolute Gasteiger partial charge is 0.398 e. The van der Waals surface area contributed by atoms with Crippen molar-refractivity contribution in [2.45, 2.75) is 32.4 Å². The third kappa shape index (κ3) is 4.34. The first kappa shape index (κ1) is 18.9. The van der Waals surface area contributed by atoms with Gasteiger partial charge in [-0.1, -0.05) is 6.07 Å². The number of hydrogen-bond acceptors (Lipinski definition) is 6. The fraction of sp³-hybridized carbons (Fsp3) is 0.400. The third-order valence-corrected chi connectivity index (χ3v) is 4.71. The Bertz CT molecular complexity index is 821. The van der Waals surface area contributed by atoms with Crippen molar-refractivity contribution in [1.29, 1.82) is 0 Å². The number of hydrogen-bond donors (Lipinski definition) is 3. The van der Waals surface area contributed by atoms with E-state index < -0.39 is 22.1 Å². The van der Waals surface area contributed by atoms with E-state index in [0.29, 0.717) is 24.2 Å². The van der Waals surface area contributed by atoms with Crippen LogP contribution in [0.2, 0.25) is 0 Å². The van der Waals surface area contributed by atoms with Gasteiger partial charge in [-0.2, -0.15) is 8.42 Å². The van der Waals surface area contributed by atoms with Gasteiger partial charge in [-0.05, 0) is 25.5 Å². The highest BCUT2D eigenvalue weighted by Gasteiger charge is 2.39. The average Bonchev–Trinajstić information content (AvgIpc) is 2.86. The molecule has 1 fully saturated rings. The maximum Gasteiger partial charge on any atom is 0.264 e. The topological polar surface area (TPSA) is 147 Å². The fourth-order valence-corrected chi connectivity index (χ4v) is 2.61. The lowest BCUT2D eigenvalue weighted by atomic mass is 10.0. The van der Waals surface area contributed by atoms with Crippen LogP contribution in [0.4, 0.5) is 5.69 Å². The van der Waals surface area contributed by atoms with Crippen LogP contribution in [-0.4, -0.2) is 47.4 Å². The number of carbonyl (C=O) groups is 3. The van der Waals surface area contributed by atoms with Crippen molar-refractivity contribution < 1.29 is 27.4 Å². The molecule has 3 amide bonds. The van der Waals surface area contributed by atoms with Crippen molar-refractivity contribution in [3.8, 4) is 0 Å². The monoisotopic (exact) mass is 369 g/mol. The quantitative estimate of drug-likeness (QED) is 0.375. The van der Waals surface area contributed by atoms with E-state index in [9.17, 15) is 22.8 Å². The Kier molecular flexibility index (Phi) is 5.43. The first-order valence-electron chi connectivity index (χ1n) is 7.61. The van der Waals surface area contributed by atoms with E-state index in [4.69, 9.17) is 10.3 Å². The lowest BCUT2D eigenvalue weighted by Crippen LogP contribution is -2.52. The molecular weight excluding hydrogens is 350 g/mol. The Morgan fingerprint density at radius 3 is 2.48 bits per heavy atom. The molecule has 10 heteroatoms. The van der Waals surface area contributed by atoms with Gasteiger partial charge in [-0.3, -0.25) is 24.3 Å². The van der Waals surface area contributed by atoms with Crippen LogP contribution >= 0.6 is 0 Å². The highest BCUT2D eigenvalue weighted by molar-refractivity contribution is 7.85. The molecule has 2 heterocycles. The van der Waals surface area contributed by atoms with Gasteiger partial charge in [0, 0.05) is 29.8 Å². The normalized spacial score (nSPS) is 19.8. The van der Waals surface area contributed by atoms with Crippen LogP contribution in [0.1, 0.15) is 35.7 Å². The Labute approximate surface area is 144 Å². The van der Waals surface area contributed by atoms with Crippen molar-refractivity contribution in [2.75, 3.05) is 11.5 Å². The number of nitrogens with one attached hydrogen (secondary N) is 1. The summed E-state index contributed by atoms with van der Waals surface area (Å²) in [6.45, 7) is 1.70. The summed E-state index contributed by atoms with van der Waals surface area (Å²) in [7, 11) is -3.66. The summed E-state index contributed by atoms with van der Waals surface area (Å²) in [6.07, 6.45) is 0.621. The summed E-state index contributed by atoms with van der Waals surface area (Å²) in [5.74, 6) is -1.09. The number of carbonyl (C=O) groups excluding carboxylic acids is 3. The van der Waals surface area contributed by atoms with Crippen molar-refractivity contribution in [2.24, 2.45) is 0 Å². The van der Waals surface area contributed by atoms with E-state index in [1.807, 2.05) is 0 Å². The van der Waals surface area contributed by atoms with Gasteiger partial charge in [0.05, 0.1) is 5.75 Å². The average molecular weight is 369 g/mol. The molecular formula is C15H19N3O6S. The van der Waals surface area contributed by atoms with Crippen LogP contribution in [0, 0.1) is 0 Å². The summed E-state index contributed by atoms with van der Waals surface area (Å²) < 4.78 is 26.9. The minimum atomic E-state index is -3.66. The van der Waals surface area contributed by atoms with E-state index in [-0.39, 0.29) is 24.0 Å². The van der Waals surface area contributed by atoms with Crippen molar-refractivity contribution in [3.63, 3.8) is 0 Å². The smallest absolute Gasteiger partial charge is 0.264 e. The van der Waals surface area contributed by atoms with Crippen LogP contribution in [0.25, 0.3) is 0 Å². The Balaban J connectivity index is 0.000000326. The molecule has 0 radical (unpaired) electrons. The number of rotatable bonds is 2. The Hall–Kier alpha value is -2.46. The number of fused-ring (bicyclic) bond motifs is 1. The SMILES string of the molecule is CCS(=O)(=O)O.Nc1cccc2c1CN(C1CCC(=O)NC1=O)C2=O. The molecule has 4 N–H and O–H groups in total. The number of benzene rings is 1. The van der Waals surface area contributed by atoms with Gasteiger partial charge in [0.25, 0.3) is 16.0 Å². The Morgan fingerprint density at radius 2 is 1.96 bits per heavy atom. The third-order valence-electron chi connectivity index (χ3n) is 3.98. The zero-order valence-corrected chi connectivity index (χ0v) is 14.4. The summed E-state index contributed by atoms with van der Waals surface area (Å²) in [4.78, 5) is 36.7. The van der Waals surface area contributed by atoms with Gasteiger partial charge in [0.2, 0.25) is 11.8 Å². The maximum atomic E-state index is 12.3. The van der Waals surface area contributed by atoms with Gasteiger partial charge in [-0.25, -0.2) is 0 Å². The molecule has 0 aromatic heterocycles. The number of imide groups is 1. The predicted octanol–water partition coefficient (Wildman–Crippen LogP) is -0.0761.